The fraction of sp³-hybridized carbons (Fsp3) is 0.480. The van der Waals surface area contributed by atoms with E-state index in [1.807, 2.05) is 35.5 Å². The van der Waals surface area contributed by atoms with Crippen molar-refractivity contribution in [2.45, 2.75) is 54.9 Å². The topological polar surface area (TPSA) is 53.0 Å². The van der Waals surface area contributed by atoms with E-state index in [-0.39, 0.29) is 24.1 Å². The lowest BCUT2D eigenvalue weighted by Crippen LogP contribution is -2.77. The standard InChI is InChI=1S/C25H27BrN2O3S/c1-27-11-10-24-22-15-4-3-5-19(22)31-23(24)18(8-9-25(24,30)20(27)12-15)28(2)21(29)7-6-17-13-16(26)14-32-17/h3-7,13-14,18,20,23,30H,8-12H2,1-2H3/b7-6+/t18-,20-,23+,24+,25-/m1/s1. The molecule has 4 aliphatic rings. The number of thiophene rings is 1. The Kier molecular flexibility index (Phi) is 4.68. The molecule has 32 heavy (non-hydrogen) atoms. The Morgan fingerprint density at radius 1 is 1.41 bits per heavy atom. The third-order valence-corrected chi connectivity index (χ3v) is 10.1. The second-order valence-electron chi connectivity index (χ2n) is 9.73. The smallest absolute Gasteiger partial charge is 0.246 e. The van der Waals surface area contributed by atoms with Crippen molar-refractivity contribution >= 4 is 39.2 Å². The van der Waals surface area contributed by atoms with Gasteiger partial charge < -0.3 is 19.6 Å². The van der Waals surface area contributed by atoms with E-state index in [1.165, 1.54) is 11.1 Å². The number of piperidine rings is 1. The van der Waals surface area contributed by atoms with E-state index in [0.717, 1.165) is 40.9 Å². The molecule has 1 saturated heterocycles. The van der Waals surface area contributed by atoms with Crippen molar-refractivity contribution < 1.29 is 14.6 Å². The minimum Gasteiger partial charge on any atom is -0.487 e. The van der Waals surface area contributed by atoms with Gasteiger partial charge in [-0.05, 0) is 79.0 Å². The maximum absolute atomic E-state index is 13.2. The average molecular weight is 515 g/mol. The second-order valence-corrected chi connectivity index (χ2v) is 11.6. The highest BCUT2D eigenvalue weighted by Gasteiger charge is 2.72. The molecule has 2 fully saturated rings. The zero-order valence-corrected chi connectivity index (χ0v) is 20.7. The predicted octanol–water partition coefficient (Wildman–Crippen LogP) is 3.83. The molecule has 2 aliphatic carbocycles. The van der Waals surface area contributed by atoms with Crippen molar-refractivity contribution in [2.24, 2.45) is 0 Å². The highest BCUT2D eigenvalue weighted by atomic mass is 79.9. The van der Waals surface area contributed by atoms with Gasteiger partial charge in [-0.25, -0.2) is 0 Å². The zero-order chi connectivity index (χ0) is 22.3. The largest absolute Gasteiger partial charge is 0.487 e. The zero-order valence-electron chi connectivity index (χ0n) is 18.3. The SMILES string of the molecule is CN1CC[C@]23c4c5cccc4O[C@H]2[C@H](N(C)C(=O)/C=C/c2cc(Br)cs2)CC[C@@]3(O)[C@H]1C5. The molecule has 2 bridgehead atoms. The molecular weight excluding hydrogens is 488 g/mol. The number of carbonyl (C=O) groups excluding carboxylic acids is 1. The molecule has 1 N–H and O–H groups in total. The van der Waals surface area contributed by atoms with Crippen LogP contribution in [0, 0.1) is 0 Å². The molecule has 5 atom stereocenters. The lowest BCUT2D eigenvalue weighted by molar-refractivity contribution is -0.195. The molecule has 1 spiro atoms. The minimum atomic E-state index is -0.830. The first kappa shape index (κ1) is 20.9. The molecule has 2 aliphatic heterocycles. The second kappa shape index (κ2) is 7.16. The van der Waals surface area contributed by atoms with Gasteiger partial charge in [0.25, 0.3) is 0 Å². The Bertz CT molecular complexity index is 1130. The van der Waals surface area contributed by atoms with Crippen LogP contribution >= 0.6 is 27.3 Å². The van der Waals surface area contributed by atoms with Crippen molar-refractivity contribution in [3.63, 3.8) is 0 Å². The fourth-order valence-corrected chi connectivity index (χ4v) is 8.28. The predicted molar refractivity (Wildman–Crippen MR) is 129 cm³/mol. The molecule has 1 aromatic heterocycles. The molecule has 0 radical (unpaired) electrons. The molecule has 1 saturated carbocycles. The maximum Gasteiger partial charge on any atom is 0.246 e. The van der Waals surface area contributed by atoms with Gasteiger partial charge in [0.15, 0.2) is 0 Å². The molecule has 1 aromatic carbocycles. The van der Waals surface area contributed by atoms with Crippen LogP contribution in [0.15, 0.2) is 40.2 Å². The van der Waals surface area contributed by atoms with Crippen LogP contribution in [0.1, 0.15) is 35.3 Å². The van der Waals surface area contributed by atoms with E-state index in [4.69, 9.17) is 4.74 Å². The molecule has 168 valence electrons. The first-order chi connectivity index (χ1) is 15.3. The summed E-state index contributed by atoms with van der Waals surface area (Å²) in [6.45, 7) is 0.929. The summed E-state index contributed by atoms with van der Waals surface area (Å²) in [6.07, 6.45) is 6.42. The van der Waals surface area contributed by atoms with Crippen LogP contribution in [0.5, 0.6) is 5.75 Å². The summed E-state index contributed by atoms with van der Waals surface area (Å²) in [5.74, 6) is 0.877. The Balaban J connectivity index is 1.37. The molecule has 7 heteroatoms. The van der Waals surface area contributed by atoms with Gasteiger partial charge in [0, 0.05) is 39.5 Å². The fourth-order valence-electron chi connectivity index (χ4n) is 6.94. The van der Waals surface area contributed by atoms with E-state index >= 15 is 0 Å². The van der Waals surface area contributed by atoms with Crippen LogP contribution in [0.25, 0.3) is 6.08 Å². The number of likely N-dealkylation sites (tertiary alicyclic amines) is 1. The molecule has 1 amide bonds. The normalized spacial score (nSPS) is 34.9. The number of ether oxygens (including phenoxy) is 1. The number of hydrogen-bond acceptors (Lipinski definition) is 5. The number of hydrogen-bond donors (Lipinski definition) is 1. The quantitative estimate of drug-likeness (QED) is 0.632. The summed E-state index contributed by atoms with van der Waals surface area (Å²) in [5, 5.41) is 14.2. The summed E-state index contributed by atoms with van der Waals surface area (Å²) in [4.78, 5) is 18.4. The van der Waals surface area contributed by atoms with Crippen LogP contribution in [-0.2, 0) is 16.6 Å². The van der Waals surface area contributed by atoms with Gasteiger partial charge in [0.1, 0.15) is 11.9 Å². The van der Waals surface area contributed by atoms with Crippen LogP contribution < -0.4 is 4.74 Å². The molecular formula is C25H27BrN2O3S. The first-order valence-electron chi connectivity index (χ1n) is 11.3. The Morgan fingerprint density at radius 2 is 2.25 bits per heavy atom. The van der Waals surface area contributed by atoms with Crippen LogP contribution in [0.3, 0.4) is 0 Å². The molecule has 6 rings (SSSR count). The van der Waals surface area contributed by atoms with E-state index in [9.17, 15) is 9.90 Å². The van der Waals surface area contributed by atoms with Gasteiger partial charge in [-0.3, -0.25) is 4.79 Å². The third kappa shape index (κ3) is 2.65. The lowest BCUT2D eigenvalue weighted by Gasteiger charge is -2.64. The van der Waals surface area contributed by atoms with Crippen LogP contribution in [0.4, 0.5) is 0 Å². The van der Waals surface area contributed by atoms with Crippen molar-refractivity contribution in [1.82, 2.24) is 9.80 Å². The summed E-state index contributed by atoms with van der Waals surface area (Å²) < 4.78 is 7.65. The third-order valence-electron chi connectivity index (χ3n) is 8.42. The Morgan fingerprint density at radius 3 is 3.03 bits per heavy atom. The number of rotatable bonds is 3. The summed E-state index contributed by atoms with van der Waals surface area (Å²) in [7, 11) is 4.01. The highest BCUT2D eigenvalue weighted by molar-refractivity contribution is 9.10. The van der Waals surface area contributed by atoms with E-state index in [2.05, 4.69) is 40.0 Å². The van der Waals surface area contributed by atoms with Crippen molar-refractivity contribution in [3.05, 3.63) is 56.2 Å². The molecule has 5 nitrogen and oxygen atoms in total. The van der Waals surface area contributed by atoms with Gasteiger partial charge >= 0.3 is 0 Å². The van der Waals surface area contributed by atoms with Crippen molar-refractivity contribution in [1.29, 1.82) is 0 Å². The van der Waals surface area contributed by atoms with Gasteiger partial charge in [0.05, 0.1) is 17.1 Å². The monoisotopic (exact) mass is 514 g/mol. The van der Waals surface area contributed by atoms with Crippen molar-refractivity contribution in [3.8, 4) is 5.75 Å². The lowest BCUT2D eigenvalue weighted by atomic mass is 9.48. The average Bonchev–Trinajstić information content (AvgIpc) is 3.34. The van der Waals surface area contributed by atoms with Gasteiger partial charge in [-0.1, -0.05) is 12.1 Å². The number of nitrogens with zero attached hydrogens (tertiary/aromatic N) is 2. The molecule has 3 heterocycles. The van der Waals surface area contributed by atoms with Crippen LogP contribution in [0.2, 0.25) is 0 Å². The summed E-state index contributed by atoms with van der Waals surface area (Å²) in [6, 6.07) is 8.31. The highest BCUT2D eigenvalue weighted by Crippen LogP contribution is 2.64. The van der Waals surface area contributed by atoms with Gasteiger partial charge in [-0.15, -0.1) is 11.3 Å². The number of carbonyl (C=O) groups is 1. The Labute approximate surface area is 200 Å². The number of aliphatic hydroxyl groups is 1. The van der Waals surface area contributed by atoms with Crippen molar-refractivity contribution in [2.75, 3.05) is 20.6 Å². The van der Waals surface area contributed by atoms with Gasteiger partial charge in [0.2, 0.25) is 5.91 Å². The number of benzene rings is 1. The molecule has 0 unspecified atom stereocenters. The van der Waals surface area contributed by atoms with E-state index in [0.29, 0.717) is 6.42 Å². The summed E-state index contributed by atoms with van der Waals surface area (Å²) in [5.41, 5.74) is 1.23. The number of halogens is 1. The first-order valence-corrected chi connectivity index (χ1v) is 12.9. The van der Waals surface area contributed by atoms with E-state index < -0.39 is 11.0 Å². The van der Waals surface area contributed by atoms with Gasteiger partial charge in [-0.2, -0.15) is 0 Å². The van der Waals surface area contributed by atoms with E-state index in [1.54, 1.807) is 17.4 Å². The summed E-state index contributed by atoms with van der Waals surface area (Å²) >= 11 is 5.06. The number of amides is 1. The van der Waals surface area contributed by atoms with Crippen LogP contribution in [-0.4, -0.2) is 65.2 Å². The molecule has 2 aromatic rings. The minimum absolute atomic E-state index is 0.0265. The maximum atomic E-state index is 13.2. The number of likely N-dealkylation sites (N-methyl/N-ethyl adjacent to an activating group) is 2. The Hall–Kier alpha value is -1.67.